The first-order valence-electron chi connectivity index (χ1n) is 5.79. The second-order valence-corrected chi connectivity index (χ2v) is 3.90. The summed E-state index contributed by atoms with van der Waals surface area (Å²) in [5.74, 6) is 0.908. The van der Waals surface area contributed by atoms with Gasteiger partial charge in [0.1, 0.15) is 5.76 Å². The highest BCUT2D eigenvalue weighted by atomic mass is 16.3. The first-order valence-corrected chi connectivity index (χ1v) is 5.79. The lowest BCUT2D eigenvalue weighted by Gasteiger charge is -2.10. The van der Waals surface area contributed by atoms with E-state index in [1.165, 1.54) is 0 Å². The Labute approximate surface area is 105 Å². The Morgan fingerprint density at radius 3 is 2.83 bits per heavy atom. The van der Waals surface area contributed by atoms with Crippen LogP contribution in [0, 0.1) is 0 Å². The van der Waals surface area contributed by atoms with E-state index in [1.807, 2.05) is 53.3 Å². The first kappa shape index (κ1) is 10.7. The molecule has 1 N–H and O–H groups in total. The van der Waals surface area contributed by atoms with Crippen LogP contribution in [0.25, 0.3) is 5.69 Å². The average Bonchev–Trinajstić information content (AvgIpc) is 3.10. The molecule has 1 aromatic carbocycles. The number of aromatic nitrogens is 2. The van der Waals surface area contributed by atoms with E-state index in [9.17, 15) is 0 Å². The fourth-order valence-corrected chi connectivity index (χ4v) is 1.83. The van der Waals surface area contributed by atoms with E-state index in [0.717, 1.165) is 17.1 Å². The smallest absolute Gasteiger partial charge is 0.122 e. The maximum atomic E-state index is 5.30. The minimum Gasteiger partial charge on any atom is -0.467 e. The summed E-state index contributed by atoms with van der Waals surface area (Å²) >= 11 is 0. The molecule has 0 bridgehead atoms. The molecule has 18 heavy (non-hydrogen) atoms. The summed E-state index contributed by atoms with van der Waals surface area (Å²) in [6.07, 6.45) is 5.37. The largest absolute Gasteiger partial charge is 0.467 e. The summed E-state index contributed by atoms with van der Waals surface area (Å²) in [6, 6.07) is 13.8. The van der Waals surface area contributed by atoms with Crippen molar-refractivity contribution < 1.29 is 4.42 Å². The van der Waals surface area contributed by atoms with Crippen LogP contribution in [0.5, 0.6) is 0 Å². The molecule has 2 heterocycles. The molecule has 0 saturated carbocycles. The molecule has 90 valence electrons. The lowest BCUT2D eigenvalue weighted by atomic mass is 10.2. The second-order valence-electron chi connectivity index (χ2n) is 3.90. The van der Waals surface area contributed by atoms with Crippen molar-refractivity contribution in [1.82, 2.24) is 9.78 Å². The SMILES string of the molecule is c1coc(CNc2ccccc2-n2cccn2)c1. The van der Waals surface area contributed by atoms with Crippen molar-refractivity contribution in [3.05, 3.63) is 66.9 Å². The van der Waals surface area contributed by atoms with E-state index in [1.54, 1.807) is 12.5 Å². The zero-order valence-corrected chi connectivity index (χ0v) is 9.78. The molecule has 3 aromatic rings. The van der Waals surface area contributed by atoms with E-state index in [-0.39, 0.29) is 0 Å². The van der Waals surface area contributed by atoms with Gasteiger partial charge < -0.3 is 9.73 Å². The summed E-state index contributed by atoms with van der Waals surface area (Å²) in [6.45, 7) is 0.658. The second kappa shape index (κ2) is 4.79. The van der Waals surface area contributed by atoms with Crippen LogP contribution < -0.4 is 5.32 Å². The van der Waals surface area contributed by atoms with Crippen molar-refractivity contribution in [1.29, 1.82) is 0 Å². The van der Waals surface area contributed by atoms with Crippen LogP contribution in [0.15, 0.2) is 65.5 Å². The van der Waals surface area contributed by atoms with Crippen LogP contribution in [0.1, 0.15) is 5.76 Å². The molecule has 0 radical (unpaired) electrons. The van der Waals surface area contributed by atoms with Crippen molar-refractivity contribution in [2.24, 2.45) is 0 Å². The number of hydrogen-bond donors (Lipinski definition) is 1. The first-order chi connectivity index (χ1) is 8.93. The Kier molecular flexibility index (Phi) is 2.84. The van der Waals surface area contributed by atoms with Gasteiger partial charge in [-0.3, -0.25) is 0 Å². The molecular weight excluding hydrogens is 226 g/mol. The highest BCUT2D eigenvalue weighted by molar-refractivity contribution is 5.60. The lowest BCUT2D eigenvalue weighted by Crippen LogP contribution is -2.04. The van der Waals surface area contributed by atoms with Gasteiger partial charge in [-0.05, 0) is 30.3 Å². The van der Waals surface area contributed by atoms with Gasteiger partial charge in [0.2, 0.25) is 0 Å². The minimum absolute atomic E-state index is 0.658. The summed E-state index contributed by atoms with van der Waals surface area (Å²) in [7, 11) is 0. The molecule has 0 unspecified atom stereocenters. The fourth-order valence-electron chi connectivity index (χ4n) is 1.83. The molecule has 0 amide bonds. The van der Waals surface area contributed by atoms with Gasteiger partial charge in [0.15, 0.2) is 0 Å². The third kappa shape index (κ3) is 2.13. The molecule has 0 aliphatic rings. The molecule has 0 saturated heterocycles. The highest BCUT2D eigenvalue weighted by Gasteiger charge is 2.04. The van der Waals surface area contributed by atoms with E-state index >= 15 is 0 Å². The molecule has 4 heteroatoms. The molecule has 0 atom stereocenters. The summed E-state index contributed by atoms with van der Waals surface area (Å²) < 4.78 is 7.14. The standard InChI is InChI=1S/C14H13N3O/c1-2-7-14(17-9-4-8-16-17)13(6-1)15-11-12-5-3-10-18-12/h1-10,15H,11H2. The van der Waals surface area contributed by atoms with E-state index < -0.39 is 0 Å². The van der Waals surface area contributed by atoms with Gasteiger partial charge in [-0.2, -0.15) is 5.10 Å². The number of nitrogens with one attached hydrogen (secondary N) is 1. The number of para-hydroxylation sites is 2. The van der Waals surface area contributed by atoms with Gasteiger partial charge in [-0.15, -0.1) is 0 Å². The number of rotatable bonds is 4. The van der Waals surface area contributed by atoms with Crippen LogP contribution in [-0.4, -0.2) is 9.78 Å². The Hall–Kier alpha value is -2.49. The molecule has 2 aromatic heterocycles. The number of benzene rings is 1. The third-order valence-electron chi connectivity index (χ3n) is 2.69. The van der Waals surface area contributed by atoms with Gasteiger partial charge in [-0.25, -0.2) is 4.68 Å². The predicted octanol–water partition coefficient (Wildman–Crippen LogP) is 3.08. The van der Waals surface area contributed by atoms with Gasteiger partial charge in [0.05, 0.1) is 24.2 Å². The van der Waals surface area contributed by atoms with Crippen LogP contribution >= 0.6 is 0 Å². The van der Waals surface area contributed by atoms with E-state index in [4.69, 9.17) is 4.42 Å². The van der Waals surface area contributed by atoms with Crippen molar-refractivity contribution >= 4 is 5.69 Å². The lowest BCUT2D eigenvalue weighted by molar-refractivity contribution is 0.518. The van der Waals surface area contributed by atoms with Gasteiger partial charge in [0, 0.05) is 12.4 Å². The Morgan fingerprint density at radius 2 is 2.06 bits per heavy atom. The summed E-state index contributed by atoms with van der Waals surface area (Å²) in [4.78, 5) is 0. The van der Waals surface area contributed by atoms with Crippen molar-refractivity contribution in [3.8, 4) is 5.69 Å². The van der Waals surface area contributed by atoms with Crippen molar-refractivity contribution in [2.45, 2.75) is 6.54 Å². The molecular formula is C14H13N3O. The molecule has 0 aliphatic carbocycles. The Morgan fingerprint density at radius 1 is 1.11 bits per heavy atom. The number of hydrogen-bond acceptors (Lipinski definition) is 3. The van der Waals surface area contributed by atoms with E-state index in [0.29, 0.717) is 6.54 Å². The molecule has 0 fully saturated rings. The molecule has 0 spiro atoms. The minimum atomic E-state index is 0.658. The normalized spacial score (nSPS) is 10.4. The maximum absolute atomic E-state index is 5.30. The predicted molar refractivity (Wildman–Crippen MR) is 69.6 cm³/mol. The number of anilines is 1. The fraction of sp³-hybridized carbons (Fsp3) is 0.0714. The highest BCUT2D eigenvalue weighted by Crippen LogP contribution is 2.19. The topological polar surface area (TPSA) is 43.0 Å². The zero-order valence-electron chi connectivity index (χ0n) is 9.78. The zero-order chi connectivity index (χ0) is 12.2. The van der Waals surface area contributed by atoms with E-state index in [2.05, 4.69) is 10.4 Å². The Balaban J connectivity index is 1.84. The van der Waals surface area contributed by atoms with Crippen molar-refractivity contribution in [3.63, 3.8) is 0 Å². The van der Waals surface area contributed by atoms with Crippen LogP contribution in [0.2, 0.25) is 0 Å². The summed E-state index contributed by atoms with van der Waals surface area (Å²) in [5.41, 5.74) is 2.05. The Bertz CT molecular complexity index is 600. The van der Waals surface area contributed by atoms with Crippen LogP contribution in [0.3, 0.4) is 0 Å². The number of nitrogens with zero attached hydrogens (tertiary/aromatic N) is 2. The monoisotopic (exact) mass is 239 g/mol. The van der Waals surface area contributed by atoms with Crippen LogP contribution in [0.4, 0.5) is 5.69 Å². The summed E-state index contributed by atoms with van der Waals surface area (Å²) in [5, 5.41) is 7.59. The van der Waals surface area contributed by atoms with Gasteiger partial charge in [0.25, 0.3) is 0 Å². The maximum Gasteiger partial charge on any atom is 0.122 e. The van der Waals surface area contributed by atoms with Crippen LogP contribution in [-0.2, 0) is 6.54 Å². The number of furan rings is 1. The van der Waals surface area contributed by atoms with Gasteiger partial charge in [-0.1, -0.05) is 12.1 Å². The molecule has 3 rings (SSSR count). The quantitative estimate of drug-likeness (QED) is 0.760. The van der Waals surface area contributed by atoms with Crippen molar-refractivity contribution in [2.75, 3.05) is 5.32 Å². The molecule has 0 aliphatic heterocycles. The average molecular weight is 239 g/mol. The van der Waals surface area contributed by atoms with Gasteiger partial charge >= 0.3 is 0 Å². The third-order valence-corrected chi connectivity index (χ3v) is 2.69. The molecule has 4 nitrogen and oxygen atoms in total.